The van der Waals surface area contributed by atoms with Crippen molar-refractivity contribution in [3.8, 4) is 0 Å². The second kappa shape index (κ2) is 4.09. The van der Waals surface area contributed by atoms with E-state index in [4.69, 9.17) is 4.74 Å². The molecule has 0 spiro atoms. The van der Waals surface area contributed by atoms with Crippen molar-refractivity contribution < 1.29 is 9.53 Å². The highest BCUT2D eigenvalue weighted by Crippen LogP contribution is 2.14. The Morgan fingerprint density at radius 2 is 2.15 bits per heavy atom. The number of amides is 1. The molecule has 0 unspecified atom stereocenters. The first-order chi connectivity index (χ1) is 5.99. The first kappa shape index (κ1) is 10.5. The number of nitrogens with one attached hydrogen (secondary N) is 1. The van der Waals surface area contributed by atoms with Crippen LogP contribution in [0.4, 0.5) is 0 Å². The van der Waals surface area contributed by atoms with Gasteiger partial charge in [-0.3, -0.25) is 4.79 Å². The van der Waals surface area contributed by atoms with Crippen LogP contribution in [0.15, 0.2) is 0 Å². The van der Waals surface area contributed by atoms with Crippen LogP contribution in [0.3, 0.4) is 0 Å². The zero-order valence-electron chi connectivity index (χ0n) is 8.72. The quantitative estimate of drug-likeness (QED) is 0.669. The molecule has 1 aliphatic rings. The third kappa shape index (κ3) is 3.77. The fraction of sp³-hybridized carbons (Fsp3) is 0.900. The van der Waals surface area contributed by atoms with E-state index in [2.05, 4.69) is 5.32 Å². The van der Waals surface area contributed by atoms with E-state index < -0.39 is 0 Å². The minimum absolute atomic E-state index is 0.0629. The summed E-state index contributed by atoms with van der Waals surface area (Å²) in [5.74, 6) is 0.195. The van der Waals surface area contributed by atoms with E-state index in [1.165, 1.54) is 0 Å². The molecule has 1 N–H and O–H groups in total. The SMILES string of the molecule is CC(C)(C)NC(=O)[C@H]1CCCOC1. The van der Waals surface area contributed by atoms with Gasteiger partial charge in [0.1, 0.15) is 0 Å². The van der Waals surface area contributed by atoms with Gasteiger partial charge in [0, 0.05) is 12.1 Å². The summed E-state index contributed by atoms with van der Waals surface area (Å²) >= 11 is 0. The summed E-state index contributed by atoms with van der Waals surface area (Å²) < 4.78 is 5.26. The highest BCUT2D eigenvalue weighted by atomic mass is 16.5. The van der Waals surface area contributed by atoms with Gasteiger partial charge in [0.15, 0.2) is 0 Å². The van der Waals surface area contributed by atoms with E-state index in [9.17, 15) is 4.79 Å². The van der Waals surface area contributed by atoms with E-state index in [0.717, 1.165) is 19.4 Å². The molecule has 0 bridgehead atoms. The lowest BCUT2D eigenvalue weighted by molar-refractivity contribution is -0.130. The number of ether oxygens (including phenoxy) is 1. The zero-order chi connectivity index (χ0) is 9.90. The third-order valence-corrected chi connectivity index (χ3v) is 2.03. The van der Waals surface area contributed by atoms with Gasteiger partial charge in [0.05, 0.1) is 12.5 Å². The number of carbonyl (C=O) groups excluding carboxylic acids is 1. The molecule has 1 rings (SSSR count). The smallest absolute Gasteiger partial charge is 0.225 e. The monoisotopic (exact) mass is 185 g/mol. The molecule has 1 aliphatic heterocycles. The van der Waals surface area contributed by atoms with E-state index in [-0.39, 0.29) is 17.4 Å². The van der Waals surface area contributed by atoms with Crippen molar-refractivity contribution in [3.05, 3.63) is 0 Å². The minimum Gasteiger partial charge on any atom is -0.381 e. The molecule has 13 heavy (non-hydrogen) atoms. The summed E-state index contributed by atoms with van der Waals surface area (Å²) in [6, 6.07) is 0. The Balaban J connectivity index is 2.38. The van der Waals surface area contributed by atoms with Crippen molar-refractivity contribution in [1.29, 1.82) is 0 Å². The highest BCUT2D eigenvalue weighted by molar-refractivity contribution is 5.79. The highest BCUT2D eigenvalue weighted by Gasteiger charge is 2.24. The van der Waals surface area contributed by atoms with Crippen LogP contribution in [0.25, 0.3) is 0 Å². The van der Waals surface area contributed by atoms with E-state index >= 15 is 0 Å². The van der Waals surface area contributed by atoms with Gasteiger partial charge >= 0.3 is 0 Å². The molecule has 3 nitrogen and oxygen atoms in total. The first-order valence-electron chi connectivity index (χ1n) is 4.89. The second-order valence-corrected chi connectivity index (χ2v) is 4.65. The Labute approximate surface area is 79.8 Å². The molecule has 1 atom stereocenters. The van der Waals surface area contributed by atoms with Gasteiger partial charge in [0.25, 0.3) is 0 Å². The van der Waals surface area contributed by atoms with Gasteiger partial charge in [-0.15, -0.1) is 0 Å². The van der Waals surface area contributed by atoms with Crippen molar-refractivity contribution in [2.24, 2.45) is 5.92 Å². The van der Waals surface area contributed by atoms with Crippen molar-refractivity contribution in [2.75, 3.05) is 13.2 Å². The maximum Gasteiger partial charge on any atom is 0.225 e. The van der Waals surface area contributed by atoms with Crippen LogP contribution in [-0.4, -0.2) is 24.7 Å². The van der Waals surface area contributed by atoms with Gasteiger partial charge < -0.3 is 10.1 Å². The number of hydrogen-bond donors (Lipinski definition) is 1. The van der Waals surface area contributed by atoms with E-state index in [0.29, 0.717) is 6.61 Å². The van der Waals surface area contributed by atoms with Gasteiger partial charge in [0.2, 0.25) is 5.91 Å². The average molecular weight is 185 g/mol. The summed E-state index contributed by atoms with van der Waals surface area (Å²) in [6.07, 6.45) is 1.96. The van der Waals surface area contributed by atoms with Gasteiger partial charge in [-0.1, -0.05) is 0 Å². The van der Waals surface area contributed by atoms with Crippen LogP contribution in [0.2, 0.25) is 0 Å². The zero-order valence-corrected chi connectivity index (χ0v) is 8.72. The number of hydrogen-bond acceptors (Lipinski definition) is 2. The van der Waals surface area contributed by atoms with Crippen LogP contribution >= 0.6 is 0 Å². The standard InChI is InChI=1S/C10H19NO2/c1-10(2,3)11-9(12)8-5-4-6-13-7-8/h8H,4-7H2,1-3H3,(H,11,12)/t8-/m0/s1. The molecule has 0 aromatic rings. The van der Waals surface area contributed by atoms with Crippen molar-refractivity contribution in [1.82, 2.24) is 5.32 Å². The summed E-state index contributed by atoms with van der Waals surface area (Å²) in [6.45, 7) is 7.37. The summed E-state index contributed by atoms with van der Waals surface area (Å²) in [5, 5.41) is 2.97. The molecule has 1 amide bonds. The molecule has 0 aromatic carbocycles. The second-order valence-electron chi connectivity index (χ2n) is 4.65. The Morgan fingerprint density at radius 1 is 1.46 bits per heavy atom. The van der Waals surface area contributed by atoms with Crippen LogP contribution in [0, 0.1) is 5.92 Å². The molecule has 1 saturated heterocycles. The lowest BCUT2D eigenvalue weighted by Crippen LogP contribution is -2.45. The molecule has 0 saturated carbocycles. The minimum atomic E-state index is -0.130. The summed E-state index contributed by atoms with van der Waals surface area (Å²) in [7, 11) is 0. The van der Waals surface area contributed by atoms with E-state index in [1.807, 2.05) is 20.8 Å². The topological polar surface area (TPSA) is 38.3 Å². The fourth-order valence-electron chi connectivity index (χ4n) is 1.42. The van der Waals surface area contributed by atoms with Crippen molar-refractivity contribution in [3.63, 3.8) is 0 Å². The molecule has 76 valence electrons. The number of carbonyl (C=O) groups is 1. The van der Waals surface area contributed by atoms with Crippen LogP contribution < -0.4 is 5.32 Å². The predicted octanol–water partition coefficient (Wildman–Crippen LogP) is 1.33. The number of rotatable bonds is 1. The third-order valence-electron chi connectivity index (χ3n) is 2.03. The van der Waals surface area contributed by atoms with Crippen LogP contribution in [0.5, 0.6) is 0 Å². The Kier molecular flexibility index (Phi) is 3.31. The Bertz CT molecular complexity index is 178. The Morgan fingerprint density at radius 3 is 2.62 bits per heavy atom. The predicted molar refractivity (Wildman–Crippen MR) is 51.4 cm³/mol. The lowest BCUT2D eigenvalue weighted by Gasteiger charge is -2.26. The maximum atomic E-state index is 11.6. The maximum absolute atomic E-state index is 11.6. The fourth-order valence-corrected chi connectivity index (χ4v) is 1.42. The van der Waals surface area contributed by atoms with E-state index in [1.54, 1.807) is 0 Å². The molecular weight excluding hydrogens is 166 g/mol. The molecule has 1 fully saturated rings. The molecule has 1 heterocycles. The Hall–Kier alpha value is -0.570. The van der Waals surface area contributed by atoms with Gasteiger partial charge in [-0.25, -0.2) is 0 Å². The first-order valence-corrected chi connectivity index (χ1v) is 4.89. The van der Waals surface area contributed by atoms with Crippen LogP contribution in [0.1, 0.15) is 33.6 Å². The summed E-state index contributed by atoms with van der Waals surface area (Å²) in [4.78, 5) is 11.6. The average Bonchev–Trinajstić information content (AvgIpc) is 2.03. The normalized spacial score (nSPS) is 24.1. The summed E-state index contributed by atoms with van der Waals surface area (Å²) in [5.41, 5.74) is -0.130. The largest absolute Gasteiger partial charge is 0.381 e. The molecule has 3 heteroatoms. The molecule has 0 aliphatic carbocycles. The molecule has 0 radical (unpaired) electrons. The van der Waals surface area contributed by atoms with Crippen molar-refractivity contribution >= 4 is 5.91 Å². The van der Waals surface area contributed by atoms with Crippen molar-refractivity contribution in [2.45, 2.75) is 39.2 Å². The molecule has 0 aromatic heterocycles. The van der Waals surface area contributed by atoms with Gasteiger partial charge in [-0.05, 0) is 33.6 Å². The van der Waals surface area contributed by atoms with Crippen LogP contribution in [-0.2, 0) is 9.53 Å². The lowest BCUT2D eigenvalue weighted by atomic mass is 9.99. The van der Waals surface area contributed by atoms with Gasteiger partial charge in [-0.2, -0.15) is 0 Å². The molecular formula is C10H19NO2.